The zero-order valence-electron chi connectivity index (χ0n) is 10.7. The van der Waals surface area contributed by atoms with Crippen molar-refractivity contribution in [2.45, 2.75) is 12.5 Å². The highest BCUT2D eigenvalue weighted by Crippen LogP contribution is 2.38. The number of hydrogen-bond acceptors (Lipinski definition) is 4. The van der Waals surface area contributed by atoms with Gasteiger partial charge >= 0.3 is 0 Å². The van der Waals surface area contributed by atoms with E-state index in [0.29, 0.717) is 17.1 Å². The van der Waals surface area contributed by atoms with Crippen molar-refractivity contribution in [3.63, 3.8) is 0 Å². The number of fused-ring (bicyclic) bond motifs is 1. The fourth-order valence-electron chi connectivity index (χ4n) is 2.37. The van der Waals surface area contributed by atoms with Crippen LogP contribution in [-0.2, 0) is 11.4 Å². The molecule has 0 radical (unpaired) electrons. The number of aromatic nitrogens is 1. The van der Waals surface area contributed by atoms with Crippen molar-refractivity contribution in [2.24, 2.45) is 0 Å². The average Bonchev–Trinajstić information content (AvgIpc) is 2.53. The molecule has 20 heavy (non-hydrogen) atoms. The molecule has 0 fully saturated rings. The first kappa shape index (κ1) is 12.6. The van der Waals surface area contributed by atoms with Crippen molar-refractivity contribution in [1.29, 1.82) is 0 Å². The van der Waals surface area contributed by atoms with Gasteiger partial charge in [0, 0.05) is 23.5 Å². The van der Waals surface area contributed by atoms with Crippen LogP contribution in [-0.4, -0.2) is 16.4 Å². The smallest absolute Gasteiger partial charge is 0.132 e. The van der Waals surface area contributed by atoms with Crippen molar-refractivity contribution in [2.75, 3.05) is 0 Å². The highest BCUT2D eigenvalue weighted by molar-refractivity contribution is 5.77. The number of ether oxygens (including phenoxy) is 1. The third-order valence-corrected chi connectivity index (χ3v) is 3.32. The highest BCUT2D eigenvalue weighted by Gasteiger charge is 2.24. The number of nitrogens with zero attached hydrogens (tertiary/aromatic N) is 1. The van der Waals surface area contributed by atoms with E-state index < -0.39 is 5.92 Å². The molecule has 0 bridgehead atoms. The number of hydrogen-bond donors (Lipinski definition) is 1. The fraction of sp³-hybridized carbons (Fsp3) is 0.125. The number of allylic oxidation sites excluding steroid dienone is 1. The molecule has 1 atom stereocenters. The van der Waals surface area contributed by atoms with Crippen molar-refractivity contribution < 1.29 is 14.6 Å². The lowest BCUT2D eigenvalue weighted by Gasteiger charge is -2.24. The largest absolute Gasteiger partial charge is 0.457 e. The zero-order chi connectivity index (χ0) is 13.9. The van der Waals surface area contributed by atoms with Gasteiger partial charge in [-0.1, -0.05) is 12.1 Å². The molecule has 0 amide bonds. The highest BCUT2D eigenvalue weighted by atomic mass is 16.5. The lowest BCUT2D eigenvalue weighted by molar-refractivity contribution is -0.108. The first-order valence-corrected chi connectivity index (χ1v) is 6.31. The number of carbonyl (C=O) groups excluding carboxylic acids is 1. The number of benzene rings is 1. The summed E-state index contributed by atoms with van der Waals surface area (Å²) in [5, 5.41) is 9.39. The number of aliphatic hydroxyl groups excluding tert-OH is 1. The number of aliphatic hydroxyl groups is 1. The Labute approximate surface area is 116 Å². The quantitative estimate of drug-likeness (QED) is 0.867. The van der Waals surface area contributed by atoms with E-state index in [4.69, 9.17) is 4.74 Å². The van der Waals surface area contributed by atoms with Gasteiger partial charge in [-0.2, -0.15) is 0 Å². The third kappa shape index (κ3) is 2.10. The van der Waals surface area contributed by atoms with Crippen LogP contribution in [0, 0.1) is 0 Å². The Bertz CT molecular complexity index is 665. The minimum atomic E-state index is -0.412. The summed E-state index contributed by atoms with van der Waals surface area (Å²) in [5.74, 6) is 0.834. The van der Waals surface area contributed by atoms with Crippen LogP contribution in [0.2, 0.25) is 0 Å². The number of aldehydes is 1. The van der Waals surface area contributed by atoms with Gasteiger partial charge < -0.3 is 14.6 Å². The van der Waals surface area contributed by atoms with Gasteiger partial charge in [-0.25, -0.2) is 0 Å². The van der Waals surface area contributed by atoms with Gasteiger partial charge in [-0.05, 0) is 29.8 Å². The van der Waals surface area contributed by atoms with Crippen LogP contribution >= 0.6 is 0 Å². The van der Waals surface area contributed by atoms with Crippen LogP contribution in [0.4, 0.5) is 0 Å². The Morgan fingerprint density at radius 1 is 1.25 bits per heavy atom. The second kappa shape index (κ2) is 5.27. The van der Waals surface area contributed by atoms with Gasteiger partial charge in [0.25, 0.3) is 0 Å². The first-order chi connectivity index (χ1) is 9.83. The van der Waals surface area contributed by atoms with Crippen molar-refractivity contribution in [1.82, 2.24) is 4.98 Å². The van der Waals surface area contributed by atoms with E-state index >= 15 is 0 Å². The minimum Gasteiger partial charge on any atom is -0.457 e. The minimum absolute atomic E-state index is 0.116. The van der Waals surface area contributed by atoms with E-state index in [1.165, 1.54) is 0 Å². The fourth-order valence-corrected chi connectivity index (χ4v) is 2.37. The van der Waals surface area contributed by atoms with Gasteiger partial charge in [0.2, 0.25) is 0 Å². The van der Waals surface area contributed by atoms with Crippen molar-refractivity contribution in [3.05, 3.63) is 65.5 Å². The molecule has 1 N–H and O–H groups in total. The van der Waals surface area contributed by atoms with E-state index in [1.54, 1.807) is 30.6 Å². The van der Waals surface area contributed by atoms with Gasteiger partial charge in [-0.15, -0.1) is 0 Å². The molecular formula is C16H13NO3. The second-order valence-corrected chi connectivity index (χ2v) is 4.52. The molecule has 1 aliphatic rings. The lowest BCUT2D eigenvalue weighted by atomic mass is 9.91. The molecule has 1 aromatic carbocycles. The number of pyridine rings is 1. The lowest BCUT2D eigenvalue weighted by Crippen LogP contribution is -2.12. The van der Waals surface area contributed by atoms with E-state index in [9.17, 15) is 9.90 Å². The molecule has 0 spiro atoms. The molecule has 1 aromatic heterocycles. The molecule has 0 aliphatic carbocycles. The second-order valence-electron chi connectivity index (χ2n) is 4.52. The van der Waals surface area contributed by atoms with Gasteiger partial charge in [-0.3, -0.25) is 4.98 Å². The molecular weight excluding hydrogens is 254 g/mol. The van der Waals surface area contributed by atoms with Gasteiger partial charge in [0.05, 0.1) is 12.5 Å². The molecule has 4 heteroatoms. The molecule has 1 unspecified atom stereocenters. The van der Waals surface area contributed by atoms with Crippen LogP contribution in [0.15, 0.2) is 48.8 Å². The predicted octanol–water partition coefficient (Wildman–Crippen LogP) is 2.29. The standard InChI is InChI=1S/C16H13NO3/c18-9-12-2-1-3-14-16(12)13(10-19)8-15(20-14)11-4-6-17-7-5-11/h1-8,10,13,18H,9H2. The molecule has 2 aromatic rings. The monoisotopic (exact) mass is 267 g/mol. The number of carbonyl (C=O) groups is 1. The van der Waals surface area contributed by atoms with Crippen LogP contribution in [0.3, 0.4) is 0 Å². The first-order valence-electron chi connectivity index (χ1n) is 6.31. The van der Waals surface area contributed by atoms with Gasteiger partial charge in [0.1, 0.15) is 17.8 Å². The summed E-state index contributed by atoms with van der Waals surface area (Å²) < 4.78 is 5.86. The van der Waals surface area contributed by atoms with E-state index in [2.05, 4.69) is 4.98 Å². The maximum Gasteiger partial charge on any atom is 0.132 e. The third-order valence-electron chi connectivity index (χ3n) is 3.32. The van der Waals surface area contributed by atoms with E-state index in [1.807, 2.05) is 18.2 Å². The van der Waals surface area contributed by atoms with Crippen LogP contribution in [0.5, 0.6) is 5.75 Å². The Morgan fingerprint density at radius 2 is 2.05 bits per heavy atom. The summed E-state index contributed by atoms with van der Waals surface area (Å²) in [4.78, 5) is 15.3. The molecule has 4 nitrogen and oxygen atoms in total. The van der Waals surface area contributed by atoms with E-state index in [-0.39, 0.29) is 6.61 Å². The summed E-state index contributed by atoms with van der Waals surface area (Å²) in [6.45, 7) is -0.116. The molecule has 2 heterocycles. The predicted molar refractivity (Wildman–Crippen MR) is 74.0 cm³/mol. The normalized spacial score (nSPS) is 16.9. The van der Waals surface area contributed by atoms with Crippen molar-refractivity contribution in [3.8, 4) is 5.75 Å². The Balaban J connectivity index is 2.09. The van der Waals surface area contributed by atoms with Crippen molar-refractivity contribution >= 4 is 12.0 Å². The topological polar surface area (TPSA) is 59.4 Å². The Morgan fingerprint density at radius 3 is 2.75 bits per heavy atom. The van der Waals surface area contributed by atoms with Gasteiger partial charge in [0.15, 0.2) is 0 Å². The number of rotatable bonds is 3. The molecule has 0 saturated heterocycles. The van der Waals surface area contributed by atoms with Crippen LogP contribution in [0.25, 0.3) is 5.76 Å². The maximum atomic E-state index is 11.4. The SMILES string of the molecule is O=CC1C=C(c2ccncc2)Oc2cccc(CO)c21. The van der Waals surface area contributed by atoms with Crippen LogP contribution < -0.4 is 4.74 Å². The molecule has 0 saturated carbocycles. The summed E-state index contributed by atoms with van der Waals surface area (Å²) in [6.07, 6.45) is 5.98. The molecule has 3 rings (SSSR count). The van der Waals surface area contributed by atoms with Crippen LogP contribution in [0.1, 0.15) is 22.6 Å². The Kier molecular flexibility index (Phi) is 3.31. The van der Waals surface area contributed by atoms with E-state index in [0.717, 1.165) is 17.4 Å². The summed E-state index contributed by atoms with van der Waals surface area (Å²) in [5.41, 5.74) is 2.32. The summed E-state index contributed by atoms with van der Waals surface area (Å²) in [7, 11) is 0. The molecule has 100 valence electrons. The maximum absolute atomic E-state index is 11.4. The Hall–Kier alpha value is -2.46. The zero-order valence-corrected chi connectivity index (χ0v) is 10.7. The summed E-state index contributed by atoms with van der Waals surface area (Å²) in [6, 6.07) is 9.06. The average molecular weight is 267 g/mol. The molecule has 1 aliphatic heterocycles. The summed E-state index contributed by atoms with van der Waals surface area (Å²) >= 11 is 0.